The Morgan fingerprint density at radius 3 is 2.72 bits per heavy atom. The number of nitrogens with zero attached hydrogens (tertiary/aromatic N) is 4. The van der Waals surface area contributed by atoms with Crippen molar-refractivity contribution in [2.45, 2.75) is 11.8 Å². The first-order valence-corrected chi connectivity index (χ1v) is 8.90. The number of aromatic nitrogens is 6. The molecule has 0 saturated carbocycles. The first-order chi connectivity index (χ1) is 12.4. The molecule has 0 bridgehead atoms. The molecule has 3 heterocycles. The molecule has 6 nitrogen and oxygen atoms in total. The number of H-pyrrole nitrogens is 2. The predicted molar refractivity (Wildman–Crippen MR) is 96.0 cm³/mol. The van der Waals surface area contributed by atoms with Crippen molar-refractivity contribution >= 4 is 17.4 Å². The fraction of sp³-hybridized carbons (Fsp3) is 0.111. The van der Waals surface area contributed by atoms with Crippen LogP contribution in [0.1, 0.15) is 22.4 Å². The second kappa shape index (κ2) is 5.49. The van der Waals surface area contributed by atoms with Crippen LogP contribution in [0.5, 0.6) is 0 Å². The largest absolute Gasteiger partial charge is 0.281 e. The molecule has 5 rings (SSSR count). The summed E-state index contributed by atoms with van der Waals surface area (Å²) >= 11 is 1.72. The van der Waals surface area contributed by atoms with Crippen LogP contribution in [-0.4, -0.2) is 30.8 Å². The van der Waals surface area contributed by atoms with Crippen molar-refractivity contribution in [3.05, 3.63) is 75.6 Å². The molecule has 0 radical (unpaired) electrons. The summed E-state index contributed by atoms with van der Waals surface area (Å²) in [6.45, 7) is 0. The Labute approximate surface area is 147 Å². The van der Waals surface area contributed by atoms with Crippen LogP contribution in [0.15, 0.2) is 53.2 Å². The van der Waals surface area contributed by atoms with Crippen LogP contribution in [0.25, 0.3) is 17.6 Å². The van der Waals surface area contributed by atoms with E-state index in [2.05, 4.69) is 84.1 Å². The number of allylic oxidation sites excluding steroid dienone is 1. The molecule has 0 fully saturated rings. The second-order valence-corrected chi connectivity index (χ2v) is 6.84. The van der Waals surface area contributed by atoms with Crippen molar-refractivity contribution in [1.29, 1.82) is 0 Å². The van der Waals surface area contributed by atoms with E-state index in [1.54, 1.807) is 11.3 Å². The van der Waals surface area contributed by atoms with E-state index in [1.165, 1.54) is 11.1 Å². The highest BCUT2D eigenvalue weighted by Crippen LogP contribution is 2.43. The van der Waals surface area contributed by atoms with E-state index in [0.29, 0.717) is 5.82 Å². The van der Waals surface area contributed by atoms with Gasteiger partial charge in [0.05, 0.1) is 0 Å². The third-order valence-electron chi connectivity index (χ3n) is 4.76. The van der Waals surface area contributed by atoms with Gasteiger partial charge in [0.2, 0.25) is 5.82 Å². The molecule has 122 valence electrons. The van der Waals surface area contributed by atoms with Gasteiger partial charge in [0.1, 0.15) is 5.69 Å². The number of hydrogen-bond donors (Lipinski definition) is 2. The van der Waals surface area contributed by atoms with Gasteiger partial charge in [0.15, 0.2) is 0 Å². The smallest absolute Gasteiger partial charge is 0.225 e. The van der Waals surface area contributed by atoms with Crippen molar-refractivity contribution in [3.8, 4) is 11.5 Å². The van der Waals surface area contributed by atoms with Gasteiger partial charge in [0.25, 0.3) is 0 Å². The van der Waals surface area contributed by atoms with Crippen LogP contribution in [-0.2, 0) is 11.8 Å². The van der Waals surface area contributed by atoms with E-state index in [-0.39, 0.29) is 5.41 Å². The minimum absolute atomic E-state index is 0.199. The number of rotatable bonds is 3. The molecular weight excluding hydrogens is 332 g/mol. The first-order valence-electron chi connectivity index (χ1n) is 7.95. The molecule has 1 aliphatic rings. The van der Waals surface area contributed by atoms with Crippen LogP contribution in [0.4, 0.5) is 0 Å². The highest BCUT2D eigenvalue weighted by atomic mass is 32.1. The number of aromatic amines is 2. The molecule has 0 amide bonds. The summed E-state index contributed by atoms with van der Waals surface area (Å²) in [5.74, 6) is 0.505. The van der Waals surface area contributed by atoms with Gasteiger partial charge in [-0.1, -0.05) is 42.5 Å². The standard InChI is InChI=1S/C18H14N6S/c1-2-4-12(5-3-1)18(13-7-9-25-11-13)8-6-14-15(10-18)19-20-16(14)17-21-23-24-22-17/h1-9,11H,10H2,(H,19,20)(H,21,22,23,24). The summed E-state index contributed by atoms with van der Waals surface area (Å²) in [5, 5.41) is 26.2. The second-order valence-electron chi connectivity index (χ2n) is 6.06. The van der Waals surface area contributed by atoms with Gasteiger partial charge in [-0.05, 0) is 33.2 Å². The van der Waals surface area contributed by atoms with Gasteiger partial charge < -0.3 is 0 Å². The number of benzene rings is 1. The Bertz CT molecular complexity index is 1020. The predicted octanol–water partition coefficient (Wildman–Crippen LogP) is 3.21. The third-order valence-corrected chi connectivity index (χ3v) is 5.44. The van der Waals surface area contributed by atoms with Crippen LogP contribution >= 0.6 is 11.3 Å². The number of hydrogen-bond acceptors (Lipinski definition) is 5. The van der Waals surface area contributed by atoms with Crippen LogP contribution < -0.4 is 0 Å². The molecule has 4 aromatic rings. The Morgan fingerprint density at radius 1 is 1.04 bits per heavy atom. The topological polar surface area (TPSA) is 83.1 Å². The number of fused-ring (bicyclic) bond motifs is 1. The maximum Gasteiger partial charge on any atom is 0.225 e. The average Bonchev–Trinajstić information content (AvgIpc) is 3.42. The Hall–Kier alpha value is -3.06. The molecule has 25 heavy (non-hydrogen) atoms. The van der Waals surface area contributed by atoms with Crippen LogP contribution in [0.3, 0.4) is 0 Å². The van der Waals surface area contributed by atoms with Gasteiger partial charge >= 0.3 is 0 Å². The lowest BCUT2D eigenvalue weighted by molar-refractivity contribution is 0.623. The van der Waals surface area contributed by atoms with Crippen molar-refractivity contribution in [2.75, 3.05) is 0 Å². The highest BCUT2D eigenvalue weighted by Gasteiger charge is 2.37. The number of nitrogens with one attached hydrogen (secondary N) is 2. The molecular formula is C18H14N6S. The van der Waals surface area contributed by atoms with E-state index in [9.17, 15) is 0 Å². The minimum atomic E-state index is -0.199. The maximum absolute atomic E-state index is 4.42. The fourth-order valence-electron chi connectivity index (χ4n) is 3.51. The normalized spacial score (nSPS) is 19.0. The highest BCUT2D eigenvalue weighted by molar-refractivity contribution is 7.08. The third kappa shape index (κ3) is 2.16. The molecule has 1 aliphatic carbocycles. The van der Waals surface area contributed by atoms with Gasteiger partial charge in [-0.2, -0.15) is 21.6 Å². The van der Waals surface area contributed by atoms with E-state index in [1.807, 2.05) is 6.07 Å². The minimum Gasteiger partial charge on any atom is -0.281 e. The average molecular weight is 346 g/mol. The Morgan fingerprint density at radius 2 is 1.96 bits per heavy atom. The summed E-state index contributed by atoms with van der Waals surface area (Å²) in [5.41, 5.74) is 5.20. The fourth-order valence-corrected chi connectivity index (χ4v) is 4.25. The summed E-state index contributed by atoms with van der Waals surface area (Å²) in [7, 11) is 0. The lowest BCUT2D eigenvalue weighted by atomic mass is 9.69. The zero-order valence-corrected chi connectivity index (χ0v) is 14.0. The van der Waals surface area contributed by atoms with Crippen molar-refractivity contribution < 1.29 is 0 Å². The lowest BCUT2D eigenvalue weighted by Gasteiger charge is -2.33. The zero-order valence-electron chi connectivity index (χ0n) is 13.2. The molecule has 2 N–H and O–H groups in total. The summed E-state index contributed by atoms with van der Waals surface area (Å²) < 4.78 is 0. The molecule has 1 atom stereocenters. The van der Waals surface area contributed by atoms with Crippen molar-refractivity contribution in [2.24, 2.45) is 0 Å². The molecule has 7 heteroatoms. The SMILES string of the molecule is C1=CC(c2ccccc2)(c2ccsc2)Cc2[nH]nc(-c3nn[nH]n3)c21. The molecule has 3 aromatic heterocycles. The Kier molecular flexibility index (Phi) is 3.14. The van der Waals surface area contributed by atoms with Gasteiger partial charge in [-0.25, -0.2) is 0 Å². The molecule has 0 aliphatic heterocycles. The molecule has 0 saturated heterocycles. The van der Waals surface area contributed by atoms with Crippen LogP contribution in [0, 0.1) is 0 Å². The van der Waals surface area contributed by atoms with Crippen molar-refractivity contribution in [1.82, 2.24) is 30.8 Å². The monoisotopic (exact) mass is 346 g/mol. The number of thiophene rings is 1. The molecule has 1 aromatic carbocycles. The summed E-state index contributed by atoms with van der Waals surface area (Å²) in [4.78, 5) is 0. The van der Waals surface area contributed by atoms with E-state index in [4.69, 9.17) is 0 Å². The van der Waals surface area contributed by atoms with Gasteiger partial charge in [-0.15, -0.1) is 10.2 Å². The van der Waals surface area contributed by atoms with E-state index < -0.39 is 0 Å². The van der Waals surface area contributed by atoms with Gasteiger partial charge in [0, 0.05) is 23.1 Å². The van der Waals surface area contributed by atoms with Crippen molar-refractivity contribution in [3.63, 3.8) is 0 Å². The quantitative estimate of drug-likeness (QED) is 0.597. The van der Waals surface area contributed by atoms with E-state index >= 15 is 0 Å². The van der Waals surface area contributed by atoms with Gasteiger partial charge in [-0.3, -0.25) is 5.10 Å². The summed E-state index contributed by atoms with van der Waals surface area (Å²) in [6, 6.07) is 12.8. The number of tetrazole rings is 1. The zero-order chi connectivity index (χ0) is 16.7. The first kappa shape index (κ1) is 14.3. The maximum atomic E-state index is 4.42. The van der Waals surface area contributed by atoms with Crippen LogP contribution in [0.2, 0.25) is 0 Å². The Balaban J connectivity index is 1.66. The van der Waals surface area contributed by atoms with E-state index in [0.717, 1.165) is 23.4 Å². The summed E-state index contributed by atoms with van der Waals surface area (Å²) in [6.07, 6.45) is 5.20. The molecule has 1 unspecified atom stereocenters. The molecule has 0 spiro atoms. The lowest BCUT2D eigenvalue weighted by Crippen LogP contribution is -2.30.